The maximum Gasteiger partial charge on any atom is 0.133 e. The van der Waals surface area contributed by atoms with E-state index >= 15 is 0 Å². The molecule has 0 bridgehead atoms. The second kappa shape index (κ2) is 5.52. The van der Waals surface area contributed by atoms with E-state index in [0.29, 0.717) is 12.4 Å². The summed E-state index contributed by atoms with van der Waals surface area (Å²) in [7, 11) is -2.28. The summed E-state index contributed by atoms with van der Waals surface area (Å²) in [5, 5.41) is 20.3. The van der Waals surface area contributed by atoms with Gasteiger partial charge in [-0.05, 0) is 30.7 Å². The lowest BCUT2D eigenvalue weighted by Gasteiger charge is -2.26. The molecule has 0 saturated heterocycles. The Morgan fingerprint density at radius 1 is 1.14 bits per heavy atom. The highest BCUT2D eigenvalue weighted by Gasteiger charge is 1.94. The van der Waals surface area contributed by atoms with E-state index in [9.17, 15) is 10.0 Å². The Morgan fingerprint density at radius 2 is 1.71 bits per heavy atom. The fourth-order valence-electron chi connectivity index (χ4n) is 0.945. The summed E-state index contributed by atoms with van der Waals surface area (Å²) in [5.41, 5.74) is 0. The third kappa shape index (κ3) is 3.68. The van der Waals surface area contributed by atoms with Crippen molar-refractivity contribution in [3.05, 3.63) is 24.3 Å². The highest BCUT2D eigenvalue weighted by atomic mass is 16.6. The lowest BCUT2D eigenvalue weighted by atomic mass is 10.2. The fraction of sp³-hybridized carbons (Fsp3) is 0.333. The number of hydrogen-bond donors (Lipinski definition) is 0. The molecule has 0 fully saturated rings. The summed E-state index contributed by atoms with van der Waals surface area (Å²) < 4.78 is 9.71. The molecule has 1 aromatic rings. The molecule has 0 N–H and O–H groups in total. The van der Waals surface area contributed by atoms with E-state index in [2.05, 4.69) is 4.65 Å². The van der Waals surface area contributed by atoms with Crippen molar-refractivity contribution in [2.45, 2.75) is 13.3 Å². The van der Waals surface area contributed by atoms with Crippen molar-refractivity contribution in [3.8, 4) is 11.5 Å². The van der Waals surface area contributed by atoms with Gasteiger partial charge in [-0.3, -0.25) is 0 Å². The van der Waals surface area contributed by atoms with Crippen LogP contribution in [0.5, 0.6) is 11.5 Å². The molecule has 1 aromatic carbocycles. The summed E-state index contributed by atoms with van der Waals surface area (Å²) >= 11 is 0. The second-order valence-corrected chi connectivity index (χ2v) is 2.73. The maximum absolute atomic E-state index is 10.1. The Kier molecular flexibility index (Phi) is 4.29. The van der Waals surface area contributed by atoms with Crippen LogP contribution in [0, 0.1) is 0 Å². The van der Waals surface area contributed by atoms with Crippen LogP contribution < -0.4 is 19.4 Å². The molecule has 0 aliphatic carbocycles. The van der Waals surface area contributed by atoms with Gasteiger partial charge in [0.2, 0.25) is 0 Å². The molecular weight excluding hydrogens is 183 g/mol. The van der Waals surface area contributed by atoms with Crippen molar-refractivity contribution < 1.29 is 19.4 Å². The Labute approximate surface area is 83.3 Å². The van der Waals surface area contributed by atoms with Gasteiger partial charge in [-0.1, -0.05) is 6.92 Å². The Hall–Kier alpha value is -1.20. The molecule has 5 heteroatoms. The van der Waals surface area contributed by atoms with E-state index in [1.807, 2.05) is 6.92 Å². The molecule has 4 nitrogen and oxygen atoms in total. The third-order valence-corrected chi connectivity index (χ3v) is 1.53. The van der Waals surface area contributed by atoms with Crippen LogP contribution in [0.2, 0.25) is 0 Å². The van der Waals surface area contributed by atoms with Gasteiger partial charge in [-0.25, -0.2) is 0 Å². The van der Waals surface area contributed by atoms with E-state index < -0.39 is 7.32 Å². The van der Waals surface area contributed by atoms with Crippen LogP contribution >= 0.6 is 0 Å². The zero-order chi connectivity index (χ0) is 10.4. The molecule has 0 aliphatic rings. The van der Waals surface area contributed by atoms with E-state index in [1.54, 1.807) is 12.1 Å². The highest BCUT2D eigenvalue weighted by Crippen LogP contribution is 2.17. The molecule has 0 amide bonds. The molecule has 0 unspecified atom stereocenters. The van der Waals surface area contributed by atoms with Crippen LogP contribution in [0.4, 0.5) is 0 Å². The van der Waals surface area contributed by atoms with Gasteiger partial charge >= 0.3 is 0 Å². The predicted molar refractivity (Wildman–Crippen MR) is 48.6 cm³/mol. The molecule has 0 atom stereocenters. The zero-order valence-corrected chi connectivity index (χ0v) is 7.93. The first kappa shape index (κ1) is 10.9. The normalized spacial score (nSPS) is 9.64. The van der Waals surface area contributed by atoms with Crippen molar-refractivity contribution in [3.63, 3.8) is 0 Å². The molecule has 0 aromatic heterocycles. The lowest BCUT2D eigenvalue weighted by Crippen LogP contribution is -2.50. The van der Waals surface area contributed by atoms with Crippen molar-refractivity contribution >= 4 is 7.32 Å². The van der Waals surface area contributed by atoms with Gasteiger partial charge in [0.1, 0.15) is 13.1 Å². The molecule has 1 rings (SSSR count). The lowest BCUT2D eigenvalue weighted by molar-refractivity contribution is -0.372. The molecule has 0 heterocycles. The topological polar surface area (TPSA) is 64.6 Å². The third-order valence-electron chi connectivity index (χ3n) is 1.53. The molecule has 0 radical (unpaired) electrons. The average molecular weight is 194 g/mol. The van der Waals surface area contributed by atoms with E-state index in [4.69, 9.17) is 4.74 Å². The average Bonchev–Trinajstić information content (AvgIpc) is 2.16. The molecular formula is C9H11BO4-2. The summed E-state index contributed by atoms with van der Waals surface area (Å²) in [5.74, 6) is 0.969. The van der Waals surface area contributed by atoms with E-state index in [-0.39, 0.29) is 5.75 Å². The van der Waals surface area contributed by atoms with Gasteiger partial charge in [0, 0.05) is 0 Å². The van der Waals surface area contributed by atoms with E-state index in [0.717, 1.165) is 6.42 Å². The Balaban J connectivity index is 2.50. The zero-order valence-electron chi connectivity index (χ0n) is 7.93. The maximum atomic E-state index is 10.1. The van der Waals surface area contributed by atoms with Crippen molar-refractivity contribution in [1.29, 1.82) is 0 Å². The van der Waals surface area contributed by atoms with Gasteiger partial charge in [0.15, 0.2) is 0 Å². The summed E-state index contributed by atoms with van der Waals surface area (Å²) in [6.45, 7) is 2.66. The minimum absolute atomic E-state index is 0.267. The van der Waals surface area contributed by atoms with Crippen molar-refractivity contribution in [2.24, 2.45) is 0 Å². The summed E-state index contributed by atoms with van der Waals surface area (Å²) in [4.78, 5) is 0. The van der Waals surface area contributed by atoms with Crippen molar-refractivity contribution in [2.75, 3.05) is 6.61 Å². The van der Waals surface area contributed by atoms with E-state index in [1.165, 1.54) is 12.1 Å². The van der Waals surface area contributed by atoms with Crippen LogP contribution in [0.1, 0.15) is 13.3 Å². The first-order valence-corrected chi connectivity index (χ1v) is 4.43. The SMILES string of the molecule is CCCOc1ccc(OB([O-])[O-])cc1. The quantitative estimate of drug-likeness (QED) is 0.596. The smallest absolute Gasteiger partial charge is 0.133 e. The van der Waals surface area contributed by atoms with Gasteiger partial charge in [0.25, 0.3) is 0 Å². The number of ether oxygens (including phenoxy) is 1. The predicted octanol–water partition coefficient (Wildman–Crippen LogP) is -0.440. The first-order valence-electron chi connectivity index (χ1n) is 4.43. The molecule has 0 saturated carbocycles. The minimum Gasteiger partial charge on any atom is -0.860 e. The molecule has 76 valence electrons. The second-order valence-electron chi connectivity index (χ2n) is 2.73. The fourth-order valence-corrected chi connectivity index (χ4v) is 0.945. The van der Waals surface area contributed by atoms with Crippen LogP contribution in [-0.4, -0.2) is 13.9 Å². The summed E-state index contributed by atoms with van der Waals surface area (Å²) in [6, 6.07) is 6.39. The number of rotatable bonds is 5. The number of hydrogen-bond acceptors (Lipinski definition) is 4. The first-order chi connectivity index (χ1) is 6.72. The van der Waals surface area contributed by atoms with Crippen LogP contribution in [-0.2, 0) is 0 Å². The molecule has 14 heavy (non-hydrogen) atoms. The van der Waals surface area contributed by atoms with Crippen LogP contribution in [0.25, 0.3) is 0 Å². The molecule has 0 aliphatic heterocycles. The Morgan fingerprint density at radius 3 is 2.21 bits per heavy atom. The monoisotopic (exact) mass is 194 g/mol. The van der Waals surface area contributed by atoms with Crippen LogP contribution in [0.3, 0.4) is 0 Å². The largest absolute Gasteiger partial charge is 0.860 e. The summed E-state index contributed by atoms with van der Waals surface area (Å²) in [6.07, 6.45) is 0.932. The Bertz CT molecular complexity index is 260. The standard InChI is InChI=1S/C9H11BO4/c1-2-7-13-8-3-5-9(6-4-8)14-10(11)12/h3-6H,2,7H2,1H3/q-2. The van der Waals surface area contributed by atoms with Gasteiger partial charge < -0.3 is 19.4 Å². The van der Waals surface area contributed by atoms with Gasteiger partial charge in [0.05, 0.1) is 12.4 Å². The highest BCUT2D eigenvalue weighted by molar-refractivity contribution is 6.29. The minimum atomic E-state index is -2.28. The van der Waals surface area contributed by atoms with Gasteiger partial charge in [-0.2, -0.15) is 0 Å². The van der Waals surface area contributed by atoms with Crippen molar-refractivity contribution in [1.82, 2.24) is 0 Å². The van der Waals surface area contributed by atoms with Crippen LogP contribution in [0.15, 0.2) is 24.3 Å². The van der Waals surface area contributed by atoms with Gasteiger partial charge in [-0.15, -0.1) is 0 Å². The number of benzene rings is 1. The molecule has 0 spiro atoms.